The van der Waals surface area contributed by atoms with E-state index in [0.717, 1.165) is 0 Å². The highest BCUT2D eigenvalue weighted by molar-refractivity contribution is 7.90. The van der Waals surface area contributed by atoms with E-state index in [1.807, 2.05) is 6.92 Å². The number of aromatic nitrogens is 1. The minimum Gasteiger partial charge on any atom is -0.480 e. The number of hydrogen-bond acceptors (Lipinski definition) is 6. The Balaban J connectivity index is 2.78. The highest BCUT2D eigenvalue weighted by atomic mass is 32.2. The smallest absolute Gasteiger partial charge is 0.320 e. The molecule has 1 aliphatic rings. The van der Waals surface area contributed by atoms with Crippen LogP contribution in [0.15, 0.2) is 24.5 Å². The predicted octanol–water partition coefficient (Wildman–Crippen LogP) is 0.767. The number of carboxylic acid groups (broad SMARTS) is 1. The molecule has 0 aromatic carbocycles. The molecular formula is C18H28N4O5S. The SMILES string of the molecule is CCC(C)(C)NS(=O)(=O)[C@@](CC(N)=O)(c1cccnc1)N1CCCC1C(=O)O. The molecule has 1 aromatic heterocycles. The van der Waals surface area contributed by atoms with Gasteiger partial charge in [0, 0.05) is 30.0 Å². The van der Waals surface area contributed by atoms with Crippen LogP contribution < -0.4 is 10.5 Å². The summed E-state index contributed by atoms with van der Waals surface area (Å²) in [6.07, 6.45) is 3.50. The normalized spacial score (nSPS) is 20.6. The largest absolute Gasteiger partial charge is 0.480 e. The number of hydrogen-bond donors (Lipinski definition) is 3. The third-order valence-corrected chi connectivity index (χ3v) is 7.59. The maximum Gasteiger partial charge on any atom is 0.320 e. The molecule has 1 aliphatic heterocycles. The molecule has 156 valence electrons. The average molecular weight is 413 g/mol. The third-order valence-electron chi connectivity index (χ3n) is 5.27. The summed E-state index contributed by atoms with van der Waals surface area (Å²) in [4.78, 5) is 27.3. The average Bonchev–Trinajstić information content (AvgIpc) is 3.09. The van der Waals surface area contributed by atoms with Crippen LogP contribution in [-0.2, 0) is 24.5 Å². The van der Waals surface area contributed by atoms with Crippen LogP contribution in [0.3, 0.4) is 0 Å². The molecule has 10 heteroatoms. The number of carboxylic acids is 1. The van der Waals surface area contributed by atoms with E-state index in [1.165, 1.54) is 23.4 Å². The molecule has 2 heterocycles. The second kappa shape index (κ2) is 8.14. The molecule has 9 nitrogen and oxygen atoms in total. The summed E-state index contributed by atoms with van der Waals surface area (Å²) < 4.78 is 30.1. The quantitative estimate of drug-likeness (QED) is 0.543. The van der Waals surface area contributed by atoms with Crippen molar-refractivity contribution in [1.82, 2.24) is 14.6 Å². The van der Waals surface area contributed by atoms with Crippen LogP contribution in [0.25, 0.3) is 0 Å². The van der Waals surface area contributed by atoms with Gasteiger partial charge in [-0.05, 0) is 39.2 Å². The summed E-state index contributed by atoms with van der Waals surface area (Å²) in [5.41, 5.74) is 4.88. The Hall–Kier alpha value is -2.04. The van der Waals surface area contributed by atoms with Crippen LogP contribution in [0.2, 0.25) is 0 Å². The van der Waals surface area contributed by atoms with E-state index < -0.39 is 44.8 Å². The topological polar surface area (TPSA) is 143 Å². The van der Waals surface area contributed by atoms with Crippen molar-refractivity contribution in [2.75, 3.05) is 6.54 Å². The number of nitrogens with two attached hydrogens (primary N) is 1. The molecule has 1 aromatic rings. The van der Waals surface area contributed by atoms with Crippen LogP contribution in [-0.4, -0.2) is 53.4 Å². The van der Waals surface area contributed by atoms with Crippen LogP contribution in [0.4, 0.5) is 0 Å². The standard InChI is InChI=1S/C18H28N4O5S/c1-4-17(2,3)21-28(26,27)18(11-15(19)23,13-7-5-9-20-12-13)22-10-6-8-14(22)16(24)25/h5,7,9,12,14,21H,4,6,8,10-11H2,1-3H3,(H2,19,23)(H,24,25)/t14?,18-/m0/s1. The molecule has 2 rings (SSSR count). The van der Waals surface area contributed by atoms with Crippen LogP contribution in [0, 0.1) is 0 Å². The summed E-state index contributed by atoms with van der Waals surface area (Å²) in [6, 6.07) is 2.03. The lowest BCUT2D eigenvalue weighted by atomic mass is 10.0. The number of carbonyl (C=O) groups is 2. The Morgan fingerprint density at radius 1 is 1.43 bits per heavy atom. The first-order valence-corrected chi connectivity index (χ1v) is 10.7. The van der Waals surface area contributed by atoms with E-state index in [2.05, 4.69) is 9.71 Å². The zero-order valence-corrected chi connectivity index (χ0v) is 17.2. The number of primary amides is 1. The van der Waals surface area contributed by atoms with Gasteiger partial charge in [-0.3, -0.25) is 19.5 Å². The highest BCUT2D eigenvalue weighted by Crippen LogP contribution is 2.42. The van der Waals surface area contributed by atoms with Crippen molar-refractivity contribution < 1.29 is 23.1 Å². The summed E-state index contributed by atoms with van der Waals surface area (Å²) >= 11 is 0. The molecule has 0 aliphatic carbocycles. The Labute approximate surface area is 165 Å². The molecule has 1 unspecified atom stereocenters. The van der Waals surface area contributed by atoms with Crippen LogP contribution in [0.5, 0.6) is 0 Å². The van der Waals surface area contributed by atoms with E-state index in [9.17, 15) is 23.1 Å². The van der Waals surface area contributed by atoms with Gasteiger partial charge in [0.1, 0.15) is 6.04 Å². The molecule has 0 spiro atoms. The van der Waals surface area contributed by atoms with E-state index >= 15 is 0 Å². The third kappa shape index (κ3) is 4.18. The van der Waals surface area contributed by atoms with E-state index in [-0.39, 0.29) is 18.5 Å². The van der Waals surface area contributed by atoms with Gasteiger partial charge in [-0.15, -0.1) is 0 Å². The van der Waals surface area contributed by atoms with Crippen molar-refractivity contribution in [3.63, 3.8) is 0 Å². The summed E-state index contributed by atoms with van der Waals surface area (Å²) in [5, 5.41) is 9.68. The molecule has 0 bridgehead atoms. The van der Waals surface area contributed by atoms with E-state index in [0.29, 0.717) is 12.8 Å². The fourth-order valence-electron chi connectivity index (χ4n) is 3.58. The van der Waals surface area contributed by atoms with Gasteiger partial charge in [0.25, 0.3) is 0 Å². The van der Waals surface area contributed by atoms with Gasteiger partial charge in [-0.2, -0.15) is 0 Å². The summed E-state index contributed by atoms with van der Waals surface area (Å²) in [6.45, 7) is 5.48. The first kappa shape index (κ1) is 22.3. The van der Waals surface area contributed by atoms with Crippen molar-refractivity contribution in [1.29, 1.82) is 0 Å². The lowest BCUT2D eigenvalue weighted by molar-refractivity contribution is -0.144. The first-order chi connectivity index (χ1) is 13.0. The van der Waals surface area contributed by atoms with Gasteiger partial charge >= 0.3 is 5.97 Å². The number of rotatable bonds is 9. The second-order valence-electron chi connectivity index (χ2n) is 7.70. The number of nitrogens with one attached hydrogen (secondary N) is 1. The van der Waals surface area contributed by atoms with Crippen LogP contribution >= 0.6 is 0 Å². The van der Waals surface area contributed by atoms with E-state index in [1.54, 1.807) is 19.9 Å². The molecule has 2 atom stereocenters. The molecule has 1 saturated heterocycles. The van der Waals surface area contributed by atoms with Gasteiger partial charge in [0.05, 0.1) is 6.42 Å². The number of likely N-dealkylation sites (tertiary alicyclic amines) is 1. The number of pyridine rings is 1. The zero-order valence-electron chi connectivity index (χ0n) is 16.4. The fourth-order valence-corrected chi connectivity index (χ4v) is 5.91. The number of carbonyl (C=O) groups excluding carboxylic acids is 1. The number of aliphatic carboxylic acids is 1. The lowest BCUT2D eigenvalue weighted by Gasteiger charge is -2.44. The minimum absolute atomic E-state index is 0.201. The molecule has 4 N–H and O–H groups in total. The fraction of sp³-hybridized carbons (Fsp3) is 0.611. The molecule has 0 saturated carbocycles. The maximum atomic E-state index is 13.7. The van der Waals surface area contributed by atoms with Crippen molar-refractivity contribution >= 4 is 21.9 Å². The number of sulfonamides is 1. The maximum absolute atomic E-state index is 13.7. The van der Waals surface area contributed by atoms with Crippen molar-refractivity contribution in [2.24, 2.45) is 5.73 Å². The zero-order chi connectivity index (χ0) is 21.2. The Bertz CT molecular complexity index is 828. The van der Waals surface area contributed by atoms with Gasteiger partial charge in [-0.1, -0.05) is 13.0 Å². The first-order valence-electron chi connectivity index (χ1n) is 9.19. The van der Waals surface area contributed by atoms with Gasteiger partial charge < -0.3 is 10.8 Å². The predicted molar refractivity (Wildman–Crippen MR) is 104 cm³/mol. The Morgan fingerprint density at radius 2 is 2.11 bits per heavy atom. The Kier molecular flexibility index (Phi) is 6.47. The second-order valence-corrected chi connectivity index (χ2v) is 9.59. The lowest BCUT2D eigenvalue weighted by Crippen LogP contribution is -2.62. The van der Waals surface area contributed by atoms with Crippen molar-refractivity contribution in [2.45, 2.75) is 62.9 Å². The highest BCUT2D eigenvalue weighted by Gasteiger charge is 2.57. The molecule has 0 radical (unpaired) electrons. The summed E-state index contributed by atoms with van der Waals surface area (Å²) in [5.74, 6) is -1.99. The van der Waals surface area contributed by atoms with Crippen LogP contribution in [0.1, 0.15) is 52.0 Å². The Morgan fingerprint density at radius 3 is 2.61 bits per heavy atom. The van der Waals surface area contributed by atoms with Crippen molar-refractivity contribution in [3.05, 3.63) is 30.1 Å². The minimum atomic E-state index is -4.28. The van der Waals surface area contributed by atoms with Gasteiger partial charge in [0.2, 0.25) is 15.9 Å². The van der Waals surface area contributed by atoms with Gasteiger partial charge in [-0.25, -0.2) is 13.1 Å². The molecule has 1 fully saturated rings. The molecular weight excluding hydrogens is 384 g/mol. The number of nitrogens with zero attached hydrogens (tertiary/aromatic N) is 2. The van der Waals surface area contributed by atoms with Gasteiger partial charge in [0.15, 0.2) is 4.87 Å². The molecule has 1 amide bonds. The van der Waals surface area contributed by atoms with Crippen molar-refractivity contribution in [3.8, 4) is 0 Å². The van der Waals surface area contributed by atoms with E-state index in [4.69, 9.17) is 5.73 Å². The number of amides is 1. The monoisotopic (exact) mass is 412 g/mol. The molecule has 28 heavy (non-hydrogen) atoms. The summed E-state index contributed by atoms with van der Waals surface area (Å²) in [7, 11) is -4.28.